The standard InChI is InChI=1S/C27H30O13/c1-10-22(32)15(31)8-17(37-10)20-14(30)7-18-21(24(20)34)13(29)6-16(39-18)11-2-4-12(5-3-11)38-27-26(36)25(35)23(33)19(9-28)40-27/h2-7,10,15,17,19,22-23,25-28,30-36H,8-9H2,1H3/t10-,15-,17-,19+,22+,23-,25+,26-,27-/m1/s1. The third-order valence-electron chi connectivity index (χ3n) is 7.28. The average molecular weight is 563 g/mol. The summed E-state index contributed by atoms with van der Waals surface area (Å²) >= 11 is 0. The van der Waals surface area contributed by atoms with Crippen LogP contribution in [0.5, 0.6) is 17.2 Å². The number of fused-ring (bicyclic) bond motifs is 1. The Labute approximate surface area is 226 Å². The molecule has 8 N–H and O–H groups in total. The Morgan fingerprint density at radius 1 is 0.925 bits per heavy atom. The smallest absolute Gasteiger partial charge is 0.229 e. The van der Waals surface area contributed by atoms with E-state index in [4.69, 9.17) is 18.6 Å². The van der Waals surface area contributed by atoms with Gasteiger partial charge < -0.3 is 59.5 Å². The van der Waals surface area contributed by atoms with Crippen LogP contribution >= 0.6 is 0 Å². The van der Waals surface area contributed by atoms with Gasteiger partial charge in [0.1, 0.15) is 64.5 Å². The van der Waals surface area contributed by atoms with Crippen molar-refractivity contribution in [1.29, 1.82) is 0 Å². The number of hydrogen-bond acceptors (Lipinski definition) is 13. The maximum atomic E-state index is 13.0. The van der Waals surface area contributed by atoms with Crippen LogP contribution < -0.4 is 10.2 Å². The normalized spacial score (nSPS) is 32.7. The van der Waals surface area contributed by atoms with Gasteiger partial charge in [-0.25, -0.2) is 0 Å². The van der Waals surface area contributed by atoms with Crippen LogP contribution in [-0.2, 0) is 9.47 Å². The molecule has 0 unspecified atom stereocenters. The molecule has 9 atom stereocenters. The van der Waals surface area contributed by atoms with Gasteiger partial charge in [-0.2, -0.15) is 0 Å². The highest BCUT2D eigenvalue weighted by Gasteiger charge is 2.44. The molecule has 40 heavy (non-hydrogen) atoms. The van der Waals surface area contributed by atoms with E-state index in [0.717, 1.165) is 12.1 Å². The molecule has 2 fully saturated rings. The molecule has 5 rings (SSSR count). The molecule has 216 valence electrons. The van der Waals surface area contributed by atoms with Crippen LogP contribution in [0.2, 0.25) is 0 Å². The van der Waals surface area contributed by atoms with Gasteiger partial charge >= 0.3 is 0 Å². The lowest BCUT2D eigenvalue weighted by Gasteiger charge is -2.39. The summed E-state index contributed by atoms with van der Waals surface area (Å²) in [5, 5.41) is 80.8. The van der Waals surface area contributed by atoms with Gasteiger partial charge in [0.2, 0.25) is 6.29 Å². The third kappa shape index (κ3) is 5.02. The Morgan fingerprint density at radius 2 is 1.62 bits per heavy atom. The summed E-state index contributed by atoms with van der Waals surface area (Å²) in [6.07, 6.45) is -11.4. The number of phenols is 2. The van der Waals surface area contributed by atoms with Crippen molar-refractivity contribution in [3.63, 3.8) is 0 Å². The van der Waals surface area contributed by atoms with E-state index in [1.165, 1.54) is 31.2 Å². The van der Waals surface area contributed by atoms with Gasteiger partial charge in [-0.15, -0.1) is 0 Å². The van der Waals surface area contributed by atoms with E-state index in [1.54, 1.807) is 0 Å². The van der Waals surface area contributed by atoms with E-state index >= 15 is 0 Å². The lowest BCUT2D eigenvalue weighted by Crippen LogP contribution is -2.60. The molecule has 1 aromatic heterocycles. The van der Waals surface area contributed by atoms with Gasteiger partial charge in [-0.05, 0) is 31.2 Å². The van der Waals surface area contributed by atoms with Crippen molar-refractivity contribution < 1.29 is 59.5 Å². The van der Waals surface area contributed by atoms with E-state index < -0.39 is 78.7 Å². The highest BCUT2D eigenvalue weighted by atomic mass is 16.7. The van der Waals surface area contributed by atoms with Crippen molar-refractivity contribution in [2.24, 2.45) is 0 Å². The Bertz CT molecular complexity index is 1410. The third-order valence-corrected chi connectivity index (χ3v) is 7.28. The molecule has 2 aliphatic rings. The molecule has 0 spiro atoms. The minimum Gasteiger partial charge on any atom is -0.507 e. The van der Waals surface area contributed by atoms with Gasteiger partial charge in [0.15, 0.2) is 5.43 Å². The van der Waals surface area contributed by atoms with Crippen LogP contribution in [0.4, 0.5) is 0 Å². The second-order valence-corrected chi connectivity index (χ2v) is 9.97. The SMILES string of the molecule is C[C@H]1O[C@@H](c2c(O)cc3oc(-c4ccc(O[C@@H]5O[C@@H](CO)[C@@H](O)[C@H](O)[C@H]5O)cc4)cc(=O)c3c2O)C[C@@H](O)[C@H]1O. The van der Waals surface area contributed by atoms with Gasteiger partial charge in [0.05, 0.1) is 30.5 Å². The number of rotatable bonds is 5. The Kier molecular flexibility index (Phi) is 7.74. The molecule has 13 heteroatoms. The number of hydrogen-bond donors (Lipinski definition) is 8. The summed E-state index contributed by atoms with van der Waals surface area (Å²) in [6, 6.07) is 8.32. The summed E-state index contributed by atoms with van der Waals surface area (Å²) in [7, 11) is 0. The summed E-state index contributed by atoms with van der Waals surface area (Å²) < 4.78 is 22.4. The van der Waals surface area contributed by atoms with Crippen molar-refractivity contribution in [1.82, 2.24) is 0 Å². The molecule has 13 nitrogen and oxygen atoms in total. The number of aliphatic hydroxyl groups excluding tert-OH is 6. The highest BCUT2D eigenvalue weighted by molar-refractivity contribution is 5.88. The highest BCUT2D eigenvalue weighted by Crippen LogP contribution is 2.44. The number of ether oxygens (including phenoxy) is 3. The van der Waals surface area contributed by atoms with E-state index in [-0.39, 0.29) is 34.5 Å². The minimum absolute atomic E-state index is 0.0972. The quantitative estimate of drug-likeness (QED) is 0.199. The zero-order chi connectivity index (χ0) is 28.9. The zero-order valence-electron chi connectivity index (χ0n) is 21.2. The molecular formula is C27H30O13. The van der Waals surface area contributed by atoms with E-state index in [0.29, 0.717) is 5.56 Å². The van der Waals surface area contributed by atoms with Crippen LogP contribution in [0.3, 0.4) is 0 Å². The monoisotopic (exact) mass is 562 g/mol. The molecule has 0 aliphatic carbocycles. The van der Waals surface area contributed by atoms with Crippen LogP contribution in [-0.4, -0.2) is 96.5 Å². The van der Waals surface area contributed by atoms with E-state index in [2.05, 4.69) is 0 Å². The number of aromatic hydroxyl groups is 2. The van der Waals surface area contributed by atoms with Crippen molar-refractivity contribution in [2.75, 3.05) is 6.61 Å². The first kappa shape index (κ1) is 28.3. The predicted molar refractivity (Wildman–Crippen MR) is 136 cm³/mol. The molecule has 2 aromatic carbocycles. The molecule has 0 amide bonds. The van der Waals surface area contributed by atoms with Gasteiger partial charge in [0.25, 0.3) is 0 Å². The first-order valence-electron chi connectivity index (χ1n) is 12.6. The largest absolute Gasteiger partial charge is 0.507 e. The first-order valence-corrected chi connectivity index (χ1v) is 12.6. The van der Waals surface area contributed by atoms with Gasteiger partial charge in [0, 0.05) is 24.1 Å². The summed E-state index contributed by atoms with van der Waals surface area (Å²) in [4.78, 5) is 13.0. The number of benzene rings is 2. The van der Waals surface area contributed by atoms with Gasteiger partial charge in [-0.3, -0.25) is 4.79 Å². The average Bonchev–Trinajstić information content (AvgIpc) is 2.91. The van der Waals surface area contributed by atoms with Crippen molar-refractivity contribution in [2.45, 2.75) is 68.5 Å². The lowest BCUT2D eigenvalue weighted by molar-refractivity contribution is -0.277. The second-order valence-electron chi connectivity index (χ2n) is 9.97. The molecule has 0 radical (unpaired) electrons. The predicted octanol–water partition coefficient (Wildman–Crippen LogP) is -0.378. The first-order chi connectivity index (χ1) is 19.0. The lowest BCUT2D eigenvalue weighted by atomic mass is 9.92. The zero-order valence-corrected chi connectivity index (χ0v) is 21.2. The fourth-order valence-corrected chi connectivity index (χ4v) is 5.01. The van der Waals surface area contributed by atoms with Crippen LogP contribution in [0.25, 0.3) is 22.3 Å². The number of aliphatic hydroxyl groups is 6. The van der Waals surface area contributed by atoms with Gasteiger partial charge in [-0.1, -0.05) is 0 Å². The summed E-state index contributed by atoms with van der Waals surface area (Å²) in [6.45, 7) is 0.936. The van der Waals surface area contributed by atoms with Crippen molar-refractivity contribution in [3.8, 4) is 28.6 Å². The van der Waals surface area contributed by atoms with Crippen LogP contribution in [0, 0.1) is 0 Å². The molecule has 0 bridgehead atoms. The number of phenolic OH excluding ortho intramolecular Hbond substituents is 2. The molecule has 2 aliphatic heterocycles. The molecule has 0 saturated carbocycles. The molecule has 3 aromatic rings. The minimum atomic E-state index is -1.60. The van der Waals surface area contributed by atoms with Crippen LogP contribution in [0.15, 0.2) is 45.6 Å². The van der Waals surface area contributed by atoms with E-state index in [9.17, 15) is 45.6 Å². The maximum Gasteiger partial charge on any atom is 0.229 e. The fourth-order valence-electron chi connectivity index (χ4n) is 5.01. The Hall–Kier alpha value is -3.27. The Morgan fingerprint density at radius 3 is 2.27 bits per heavy atom. The maximum absolute atomic E-state index is 13.0. The Balaban J connectivity index is 1.41. The fraction of sp³-hybridized carbons (Fsp3) is 0.444. The summed E-state index contributed by atoms with van der Waals surface area (Å²) in [5.74, 6) is -0.677. The second kappa shape index (κ2) is 11.0. The molecular weight excluding hydrogens is 532 g/mol. The topological polar surface area (TPSA) is 220 Å². The van der Waals surface area contributed by atoms with E-state index in [1.807, 2.05) is 0 Å². The van der Waals surface area contributed by atoms with Crippen LogP contribution in [0.1, 0.15) is 25.0 Å². The molecule has 2 saturated heterocycles. The van der Waals surface area contributed by atoms with Crippen molar-refractivity contribution >= 4 is 11.0 Å². The van der Waals surface area contributed by atoms with Crippen molar-refractivity contribution in [3.05, 3.63) is 52.2 Å². The summed E-state index contributed by atoms with van der Waals surface area (Å²) in [5.41, 5.74) is -0.391. The molecule has 3 heterocycles.